The van der Waals surface area contributed by atoms with E-state index in [1.807, 2.05) is 72.8 Å². The number of rotatable bonds is 5. The minimum Gasteiger partial charge on any atom is -0.488 e. The van der Waals surface area contributed by atoms with Gasteiger partial charge >= 0.3 is 0 Å². The Hall–Kier alpha value is -4.51. The molecule has 5 nitrogen and oxygen atoms in total. The van der Waals surface area contributed by atoms with E-state index in [0.29, 0.717) is 29.2 Å². The average Bonchev–Trinajstić information content (AvgIpc) is 3.17. The van der Waals surface area contributed by atoms with Crippen molar-refractivity contribution in [2.45, 2.75) is 13.5 Å². The number of hydrogen-bond donors (Lipinski definition) is 0. The molecule has 0 fully saturated rings. The number of fused-ring (bicyclic) bond motifs is 1. The number of ether oxygens (including phenoxy) is 1. The highest BCUT2D eigenvalue weighted by Crippen LogP contribution is 2.32. The first-order valence-corrected chi connectivity index (χ1v) is 11.0. The molecule has 0 spiro atoms. The number of imide groups is 1. The molecule has 0 bridgehead atoms. The van der Waals surface area contributed by atoms with Gasteiger partial charge in [-0.15, -0.1) is 0 Å². The van der Waals surface area contributed by atoms with Crippen LogP contribution in [0.3, 0.4) is 0 Å². The predicted octanol–water partition coefficient (Wildman–Crippen LogP) is 5.86. The van der Waals surface area contributed by atoms with Crippen molar-refractivity contribution in [1.82, 2.24) is 5.01 Å². The van der Waals surface area contributed by atoms with Gasteiger partial charge in [-0.05, 0) is 47.5 Å². The molecule has 34 heavy (non-hydrogen) atoms. The van der Waals surface area contributed by atoms with E-state index in [4.69, 9.17) is 4.74 Å². The Labute approximate surface area is 197 Å². The van der Waals surface area contributed by atoms with Gasteiger partial charge < -0.3 is 4.74 Å². The zero-order chi connectivity index (χ0) is 23.5. The molecule has 1 aliphatic rings. The number of carbonyl (C=O) groups is 2. The largest absolute Gasteiger partial charge is 0.488 e. The zero-order valence-electron chi connectivity index (χ0n) is 18.6. The van der Waals surface area contributed by atoms with Crippen molar-refractivity contribution in [3.05, 3.63) is 119 Å². The Morgan fingerprint density at radius 2 is 1.56 bits per heavy atom. The third-order valence-electron chi connectivity index (χ3n) is 5.73. The molecule has 0 radical (unpaired) electrons. The minimum absolute atomic E-state index is 0.366. The first-order chi connectivity index (χ1) is 16.6. The molecule has 0 unspecified atom stereocenters. The summed E-state index contributed by atoms with van der Waals surface area (Å²) in [5.74, 6) is -0.247. The fraction of sp³-hybridized carbons (Fsp3) is 0.0690. The van der Waals surface area contributed by atoms with Gasteiger partial charge in [0.15, 0.2) is 0 Å². The van der Waals surface area contributed by atoms with Crippen molar-refractivity contribution in [1.29, 1.82) is 0 Å². The minimum atomic E-state index is -0.452. The van der Waals surface area contributed by atoms with E-state index in [9.17, 15) is 9.59 Å². The van der Waals surface area contributed by atoms with E-state index < -0.39 is 11.8 Å². The van der Waals surface area contributed by atoms with Crippen LogP contribution in [0.25, 0.3) is 16.8 Å². The van der Waals surface area contributed by atoms with Crippen LogP contribution in [0, 0.1) is 0 Å². The number of benzene rings is 4. The van der Waals surface area contributed by atoms with Crippen LogP contribution in [-0.2, 0) is 11.4 Å². The van der Waals surface area contributed by atoms with Crippen LogP contribution in [0.1, 0.15) is 28.4 Å². The summed E-state index contributed by atoms with van der Waals surface area (Å²) in [6.45, 7) is 2.13. The summed E-state index contributed by atoms with van der Waals surface area (Å²) in [6.07, 6.45) is 1.78. The summed E-state index contributed by atoms with van der Waals surface area (Å²) in [6, 6.07) is 30.4. The Morgan fingerprint density at radius 3 is 2.32 bits per heavy atom. The summed E-state index contributed by atoms with van der Waals surface area (Å²) < 4.78 is 6.18. The van der Waals surface area contributed by atoms with Gasteiger partial charge in [-0.2, -0.15) is 10.1 Å². The maximum absolute atomic E-state index is 13.2. The van der Waals surface area contributed by atoms with Crippen LogP contribution in [0.15, 0.2) is 108 Å². The topological polar surface area (TPSA) is 59.0 Å². The lowest BCUT2D eigenvalue weighted by molar-refractivity contribution is -0.123. The molecule has 0 saturated heterocycles. The van der Waals surface area contributed by atoms with Crippen LogP contribution in [-0.4, -0.2) is 22.5 Å². The first-order valence-electron chi connectivity index (χ1n) is 11.0. The van der Waals surface area contributed by atoms with Crippen LogP contribution < -0.4 is 4.74 Å². The first kappa shape index (κ1) is 21.3. The molecule has 4 aromatic rings. The van der Waals surface area contributed by atoms with Gasteiger partial charge in [0.25, 0.3) is 11.8 Å². The van der Waals surface area contributed by atoms with Gasteiger partial charge in [0.1, 0.15) is 12.4 Å². The van der Waals surface area contributed by atoms with Gasteiger partial charge in [-0.3, -0.25) is 9.59 Å². The maximum Gasteiger partial charge on any atom is 0.283 e. The Kier molecular flexibility index (Phi) is 5.75. The van der Waals surface area contributed by atoms with Crippen LogP contribution in [0.2, 0.25) is 0 Å². The van der Waals surface area contributed by atoms with Gasteiger partial charge in [0.05, 0.1) is 11.3 Å². The van der Waals surface area contributed by atoms with E-state index in [1.54, 1.807) is 37.3 Å². The maximum atomic E-state index is 13.2. The molecule has 5 heteroatoms. The standard InChI is InChI=1S/C29H22N2O3/c1-20-25(29(33)31(30-20)28(32)23-13-6-3-7-14-23)18-26-24-15-9-8-12-22(24)16-17-27(26)34-19-21-10-4-2-5-11-21/h2-18H,19H2,1H3/b25-18+. The monoisotopic (exact) mass is 446 g/mol. The smallest absolute Gasteiger partial charge is 0.283 e. The van der Waals surface area contributed by atoms with Crippen LogP contribution in [0.5, 0.6) is 5.75 Å². The quantitative estimate of drug-likeness (QED) is 0.285. The summed E-state index contributed by atoms with van der Waals surface area (Å²) in [7, 11) is 0. The van der Waals surface area contributed by atoms with Crippen molar-refractivity contribution >= 4 is 34.4 Å². The highest BCUT2D eigenvalue weighted by molar-refractivity contribution is 6.31. The van der Waals surface area contributed by atoms with Crippen molar-refractivity contribution in [3.63, 3.8) is 0 Å². The molecule has 0 N–H and O–H groups in total. The lowest BCUT2D eigenvalue weighted by Gasteiger charge is -2.13. The number of amides is 2. The molecule has 5 rings (SSSR count). The second kappa shape index (κ2) is 9.16. The third-order valence-corrected chi connectivity index (χ3v) is 5.73. The second-order valence-corrected chi connectivity index (χ2v) is 8.00. The van der Waals surface area contributed by atoms with Gasteiger partial charge in [0.2, 0.25) is 0 Å². The van der Waals surface area contributed by atoms with Gasteiger partial charge in [0, 0.05) is 11.1 Å². The van der Waals surface area contributed by atoms with E-state index in [1.165, 1.54) is 0 Å². The molecular formula is C29H22N2O3. The van der Waals surface area contributed by atoms with Gasteiger partial charge in [-0.25, -0.2) is 0 Å². The highest BCUT2D eigenvalue weighted by atomic mass is 16.5. The Bertz CT molecular complexity index is 1440. The number of carbonyl (C=O) groups excluding carboxylic acids is 2. The van der Waals surface area contributed by atoms with Crippen molar-refractivity contribution in [3.8, 4) is 5.75 Å². The summed E-state index contributed by atoms with van der Waals surface area (Å²) >= 11 is 0. The summed E-state index contributed by atoms with van der Waals surface area (Å²) in [4.78, 5) is 26.1. The lowest BCUT2D eigenvalue weighted by Crippen LogP contribution is -2.29. The number of hydrogen-bond acceptors (Lipinski definition) is 4. The van der Waals surface area contributed by atoms with Crippen molar-refractivity contribution in [2.75, 3.05) is 0 Å². The molecule has 0 aromatic heterocycles. The van der Waals surface area contributed by atoms with Crippen molar-refractivity contribution < 1.29 is 14.3 Å². The van der Waals surface area contributed by atoms with E-state index in [-0.39, 0.29) is 0 Å². The van der Waals surface area contributed by atoms with E-state index >= 15 is 0 Å². The lowest BCUT2D eigenvalue weighted by atomic mass is 9.99. The third kappa shape index (κ3) is 4.11. The van der Waals surface area contributed by atoms with E-state index in [0.717, 1.165) is 26.9 Å². The average molecular weight is 447 g/mol. The Morgan fingerprint density at radius 1 is 0.882 bits per heavy atom. The van der Waals surface area contributed by atoms with Crippen LogP contribution >= 0.6 is 0 Å². The van der Waals surface area contributed by atoms with Gasteiger partial charge in [-0.1, -0.05) is 78.9 Å². The van der Waals surface area contributed by atoms with E-state index in [2.05, 4.69) is 5.10 Å². The number of nitrogens with zero attached hydrogens (tertiary/aromatic N) is 2. The molecule has 4 aromatic carbocycles. The second-order valence-electron chi connectivity index (χ2n) is 8.00. The van der Waals surface area contributed by atoms with Crippen molar-refractivity contribution in [2.24, 2.45) is 5.10 Å². The summed E-state index contributed by atoms with van der Waals surface area (Å²) in [5.41, 5.74) is 3.08. The molecular weight excluding hydrogens is 424 g/mol. The molecule has 0 atom stereocenters. The summed E-state index contributed by atoms with van der Waals surface area (Å²) in [5, 5.41) is 7.18. The zero-order valence-corrected chi connectivity index (χ0v) is 18.6. The number of hydrazone groups is 1. The molecule has 2 amide bonds. The normalized spacial score (nSPS) is 14.5. The van der Waals surface area contributed by atoms with Crippen LogP contribution in [0.4, 0.5) is 0 Å². The fourth-order valence-corrected chi connectivity index (χ4v) is 3.95. The molecule has 0 saturated carbocycles. The fourth-order valence-electron chi connectivity index (χ4n) is 3.95. The highest BCUT2D eigenvalue weighted by Gasteiger charge is 2.33. The SMILES string of the molecule is CC1=NN(C(=O)c2ccccc2)C(=O)/C1=C/c1c(OCc2ccccc2)ccc2ccccc12. The predicted molar refractivity (Wildman–Crippen MR) is 133 cm³/mol. The Balaban J connectivity index is 1.53. The molecule has 1 heterocycles. The molecule has 1 aliphatic heterocycles. The molecule has 166 valence electrons. The molecule has 0 aliphatic carbocycles.